The number of fused-ring (bicyclic) bond motifs is 10. The van der Waals surface area contributed by atoms with Crippen LogP contribution in [0.5, 0.6) is 0 Å². The fraction of sp³-hybridized carbons (Fsp3) is 0. The largest absolute Gasteiger partial charge is 0.308 e. The molecule has 0 aliphatic rings. The maximum atomic E-state index is 5.21. The van der Waals surface area contributed by atoms with Crippen molar-refractivity contribution in [1.82, 2.24) is 19.5 Å². The lowest BCUT2D eigenvalue weighted by Crippen LogP contribution is -2.00. The second kappa shape index (κ2) is 12.8. The molecular formula is C51H30N4S2. The fourth-order valence-electron chi connectivity index (χ4n) is 8.43. The normalized spacial score (nSPS) is 11.9. The summed E-state index contributed by atoms with van der Waals surface area (Å²) in [6, 6.07) is 64.8. The zero-order valence-corrected chi connectivity index (χ0v) is 32.1. The number of nitrogens with zero attached hydrogens (tertiary/aromatic N) is 4. The van der Waals surface area contributed by atoms with E-state index in [9.17, 15) is 0 Å². The predicted octanol–water partition coefficient (Wildman–Crippen LogP) is 14.4. The number of aromatic nitrogens is 4. The van der Waals surface area contributed by atoms with E-state index in [0.717, 1.165) is 33.5 Å². The van der Waals surface area contributed by atoms with E-state index in [0.29, 0.717) is 17.5 Å². The summed E-state index contributed by atoms with van der Waals surface area (Å²) in [6.07, 6.45) is 0. The Bertz CT molecular complexity index is 3540. The van der Waals surface area contributed by atoms with Crippen molar-refractivity contribution in [2.24, 2.45) is 0 Å². The molecule has 0 bridgehead atoms. The third-order valence-corrected chi connectivity index (χ3v) is 13.5. The number of hydrogen-bond acceptors (Lipinski definition) is 5. The smallest absolute Gasteiger partial charge is 0.165 e. The quantitative estimate of drug-likeness (QED) is 0.175. The molecule has 8 aromatic carbocycles. The summed E-state index contributed by atoms with van der Waals surface area (Å²) in [4.78, 5) is 15.4. The summed E-state index contributed by atoms with van der Waals surface area (Å²) in [5, 5.41) is 7.59. The van der Waals surface area contributed by atoms with Crippen LogP contribution in [0.15, 0.2) is 182 Å². The van der Waals surface area contributed by atoms with Gasteiger partial charge < -0.3 is 4.57 Å². The third-order valence-electron chi connectivity index (χ3n) is 11.1. The molecule has 6 heteroatoms. The van der Waals surface area contributed by atoms with E-state index < -0.39 is 0 Å². The zero-order chi connectivity index (χ0) is 37.5. The molecule has 4 nitrogen and oxygen atoms in total. The van der Waals surface area contributed by atoms with Gasteiger partial charge in [0.1, 0.15) is 0 Å². The van der Waals surface area contributed by atoms with Gasteiger partial charge >= 0.3 is 0 Å². The third kappa shape index (κ3) is 5.15. The van der Waals surface area contributed by atoms with E-state index in [1.54, 1.807) is 11.3 Å². The Morgan fingerprint density at radius 3 is 1.70 bits per heavy atom. The van der Waals surface area contributed by atoms with Gasteiger partial charge in [0.05, 0.1) is 15.7 Å². The van der Waals surface area contributed by atoms with Crippen LogP contribution >= 0.6 is 22.7 Å². The standard InChI is InChI=1S/C51H30N4S2/c1-2-13-31(14-3-1)49-52-50(54-51(53-49)42-23-12-22-40-37-20-5-8-25-44(37)56-47(40)42)34-17-10-15-32(29-34)33-16-11-18-35(30-33)55-43-24-7-4-19-36(43)39-27-28-41-38-21-6-9-26-45(38)57-48(41)46(39)55/h1-30H. The van der Waals surface area contributed by atoms with Gasteiger partial charge in [-0.2, -0.15) is 0 Å². The molecule has 0 amide bonds. The van der Waals surface area contributed by atoms with Gasteiger partial charge in [-0.25, -0.2) is 15.0 Å². The maximum Gasteiger partial charge on any atom is 0.165 e. The number of rotatable bonds is 5. The number of para-hydroxylation sites is 1. The van der Waals surface area contributed by atoms with Crippen molar-refractivity contribution in [3.05, 3.63) is 182 Å². The molecule has 0 radical (unpaired) electrons. The minimum atomic E-state index is 0.643. The molecule has 0 N–H and O–H groups in total. The van der Waals surface area contributed by atoms with Gasteiger partial charge in [-0.1, -0.05) is 140 Å². The Balaban J connectivity index is 1.02. The molecule has 4 heterocycles. The molecule has 0 spiro atoms. The van der Waals surface area contributed by atoms with Gasteiger partial charge in [-0.05, 0) is 53.6 Å². The lowest BCUT2D eigenvalue weighted by molar-refractivity contribution is 1.08. The van der Waals surface area contributed by atoms with E-state index in [2.05, 4.69) is 168 Å². The van der Waals surface area contributed by atoms with E-state index in [-0.39, 0.29) is 0 Å². The Morgan fingerprint density at radius 1 is 0.351 bits per heavy atom. The average molecular weight is 763 g/mol. The monoisotopic (exact) mass is 762 g/mol. The van der Waals surface area contributed by atoms with Gasteiger partial charge in [-0.15, -0.1) is 22.7 Å². The SMILES string of the molecule is c1ccc(-c2nc(-c3cccc(-c4cccc(-n5c6ccccc6c6ccc7c8ccccc8sc7c65)c4)c3)nc(-c3cccc4c3sc3ccccc34)n2)cc1. The first-order valence-corrected chi connectivity index (χ1v) is 20.7. The van der Waals surface area contributed by atoms with Crippen molar-refractivity contribution in [3.8, 4) is 51.0 Å². The molecule has 0 saturated heterocycles. The number of benzene rings is 8. The van der Waals surface area contributed by atoms with E-state index in [1.165, 1.54) is 62.2 Å². The molecule has 12 rings (SSSR count). The van der Waals surface area contributed by atoms with Gasteiger partial charge in [0, 0.05) is 68.8 Å². The van der Waals surface area contributed by atoms with Crippen LogP contribution in [0.1, 0.15) is 0 Å². The molecule has 0 saturated carbocycles. The van der Waals surface area contributed by atoms with Crippen LogP contribution in [0.3, 0.4) is 0 Å². The van der Waals surface area contributed by atoms with Crippen molar-refractivity contribution >= 4 is 84.8 Å². The highest BCUT2D eigenvalue weighted by Gasteiger charge is 2.19. The summed E-state index contributed by atoms with van der Waals surface area (Å²) in [5.74, 6) is 1.96. The molecule has 0 fully saturated rings. The first kappa shape index (κ1) is 32.3. The molecule has 57 heavy (non-hydrogen) atoms. The van der Waals surface area contributed by atoms with Crippen molar-refractivity contribution < 1.29 is 0 Å². The van der Waals surface area contributed by atoms with Crippen molar-refractivity contribution in [2.75, 3.05) is 0 Å². The van der Waals surface area contributed by atoms with Gasteiger partial charge in [0.15, 0.2) is 17.5 Å². The molecular weight excluding hydrogens is 733 g/mol. The summed E-state index contributed by atoms with van der Waals surface area (Å²) < 4.78 is 7.50. The molecule has 12 aromatic rings. The van der Waals surface area contributed by atoms with Crippen molar-refractivity contribution in [2.45, 2.75) is 0 Å². The number of thiophene rings is 2. The van der Waals surface area contributed by atoms with Gasteiger partial charge in [-0.3, -0.25) is 0 Å². The lowest BCUT2D eigenvalue weighted by Gasteiger charge is -2.12. The molecule has 266 valence electrons. The van der Waals surface area contributed by atoms with E-state index in [1.807, 2.05) is 29.5 Å². The maximum absolute atomic E-state index is 5.21. The van der Waals surface area contributed by atoms with Gasteiger partial charge in [0.25, 0.3) is 0 Å². The first-order chi connectivity index (χ1) is 28.2. The first-order valence-electron chi connectivity index (χ1n) is 19.0. The molecule has 0 unspecified atom stereocenters. The summed E-state index contributed by atoms with van der Waals surface area (Å²) in [5.41, 5.74) is 8.69. The van der Waals surface area contributed by atoms with Crippen molar-refractivity contribution in [1.29, 1.82) is 0 Å². The Labute approximate surface area is 335 Å². The molecule has 0 atom stereocenters. The van der Waals surface area contributed by atoms with Crippen LogP contribution in [-0.4, -0.2) is 19.5 Å². The van der Waals surface area contributed by atoms with Gasteiger partial charge in [0.2, 0.25) is 0 Å². The van der Waals surface area contributed by atoms with E-state index in [4.69, 9.17) is 15.0 Å². The summed E-state index contributed by atoms with van der Waals surface area (Å²) >= 11 is 3.66. The second-order valence-corrected chi connectivity index (χ2v) is 16.5. The Kier molecular flexibility index (Phi) is 7.24. The van der Waals surface area contributed by atoms with Crippen LogP contribution in [0.25, 0.3) is 113 Å². The summed E-state index contributed by atoms with van der Waals surface area (Å²) in [6.45, 7) is 0. The highest BCUT2D eigenvalue weighted by Crippen LogP contribution is 2.44. The van der Waals surface area contributed by atoms with Crippen LogP contribution in [0.4, 0.5) is 0 Å². The van der Waals surface area contributed by atoms with Crippen LogP contribution in [-0.2, 0) is 0 Å². The average Bonchev–Trinajstić information content (AvgIpc) is 3.96. The highest BCUT2D eigenvalue weighted by molar-refractivity contribution is 7.27. The van der Waals surface area contributed by atoms with Crippen LogP contribution in [0, 0.1) is 0 Å². The summed E-state index contributed by atoms with van der Waals surface area (Å²) in [7, 11) is 0. The van der Waals surface area contributed by atoms with Crippen LogP contribution in [0.2, 0.25) is 0 Å². The zero-order valence-electron chi connectivity index (χ0n) is 30.4. The fourth-order valence-corrected chi connectivity index (χ4v) is 10.9. The number of hydrogen-bond donors (Lipinski definition) is 0. The minimum absolute atomic E-state index is 0.643. The predicted molar refractivity (Wildman–Crippen MR) is 242 cm³/mol. The molecule has 0 aliphatic heterocycles. The minimum Gasteiger partial charge on any atom is -0.308 e. The highest BCUT2D eigenvalue weighted by atomic mass is 32.1. The molecule has 4 aromatic heterocycles. The second-order valence-electron chi connectivity index (χ2n) is 14.4. The Hall–Kier alpha value is -6.99. The van der Waals surface area contributed by atoms with Crippen molar-refractivity contribution in [3.63, 3.8) is 0 Å². The lowest BCUT2D eigenvalue weighted by atomic mass is 10.0. The van der Waals surface area contributed by atoms with E-state index >= 15 is 0 Å². The molecule has 0 aliphatic carbocycles. The van der Waals surface area contributed by atoms with Crippen LogP contribution < -0.4 is 0 Å². The topological polar surface area (TPSA) is 43.6 Å². The Morgan fingerprint density at radius 2 is 0.895 bits per heavy atom.